The lowest BCUT2D eigenvalue weighted by molar-refractivity contribution is 0.451. The van der Waals surface area contributed by atoms with E-state index >= 15 is 0 Å². The van der Waals surface area contributed by atoms with Crippen LogP contribution in [-0.2, 0) is 0 Å². The summed E-state index contributed by atoms with van der Waals surface area (Å²) in [4.78, 5) is 13.0. The third-order valence-corrected chi connectivity index (χ3v) is 3.42. The van der Waals surface area contributed by atoms with E-state index in [1.54, 1.807) is 31.2 Å². The van der Waals surface area contributed by atoms with Crippen molar-refractivity contribution in [2.75, 3.05) is 0 Å². The molecule has 0 bridgehead atoms. The molecule has 0 aliphatic rings. The summed E-state index contributed by atoms with van der Waals surface area (Å²) in [5.74, 6) is 1.31. The molecule has 0 aliphatic heterocycles. The Balaban J connectivity index is 2.16. The number of nitrogens with zero attached hydrogens (tertiary/aromatic N) is 3. The van der Waals surface area contributed by atoms with Gasteiger partial charge < -0.3 is 15.3 Å². The Hall–Kier alpha value is -3.15. The van der Waals surface area contributed by atoms with E-state index in [0.29, 0.717) is 23.0 Å². The molecule has 116 valence electrons. The number of phenols is 3. The number of rotatable bonds is 2. The molecular formula is C17H15N3O3. The van der Waals surface area contributed by atoms with Crippen molar-refractivity contribution in [3.05, 3.63) is 47.8 Å². The molecule has 3 rings (SSSR count). The van der Waals surface area contributed by atoms with Crippen LogP contribution in [0.3, 0.4) is 0 Å². The highest BCUT2D eigenvalue weighted by molar-refractivity contribution is 5.68. The van der Waals surface area contributed by atoms with E-state index in [9.17, 15) is 15.3 Å². The van der Waals surface area contributed by atoms with Gasteiger partial charge in [-0.1, -0.05) is 0 Å². The van der Waals surface area contributed by atoms with Crippen molar-refractivity contribution in [1.82, 2.24) is 15.0 Å². The molecule has 0 amide bonds. The van der Waals surface area contributed by atoms with Gasteiger partial charge >= 0.3 is 0 Å². The summed E-state index contributed by atoms with van der Waals surface area (Å²) >= 11 is 0. The van der Waals surface area contributed by atoms with Crippen molar-refractivity contribution >= 4 is 0 Å². The predicted molar refractivity (Wildman–Crippen MR) is 85.2 cm³/mol. The zero-order valence-electron chi connectivity index (χ0n) is 12.6. The van der Waals surface area contributed by atoms with Crippen LogP contribution in [0.15, 0.2) is 36.4 Å². The van der Waals surface area contributed by atoms with E-state index < -0.39 is 0 Å². The highest BCUT2D eigenvalue weighted by atomic mass is 16.3. The highest BCUT2D eigenvalue weighted by Crippen LogP contribution is 2.31. The smallest absolute Gasteiger partial charge is 0.167 e. The maximum atomic E-state index is 9.99. The Morgan fingerprint density at radius 2 is 1.26 bits per heavy atom. The first-order valence-electron chi connectivity index (χ1n) is 6.99. The molecule has 0 aliphatic carbocycles. The van der Waals surface area contributed by atoms with E-state index in [1.165, 1.54) is 12.1 Å². The Bertz CT molecular complexity index is 824. The van der Waals surface area contributed by atoms with E-state index in [0.717, 1.165) is 11.1 Å². The summed E-state index contributed by atoms with van der Waals surface area (Å²) in [5, 5.41) is 28.9. The van der Waals surface area contributed by atoms with Crippen LogP contribution in [0.1, 0.15) is 11.4 Å². The molecule has 0 spiro atoms. The summed E-state index contributed by atoms with van der Waals surface area (Å²) in [6.45, 7) is 3.59. The molecule has 1 heterocycles. The van der Waals surface area contributed by atoms with E-state index in [1.807, 2.05) is 6.92 Å². The lowest BCUT2D eigenvalue weighted by Gasteiger charge is -2.09. The summed E-state index contributed by atoms with van der Waals surface area (Å²) in [5.41, 5.74) is 2.01. The van der Waals surface area contributed by atoms with Gasteiger partial charge in [0.05, 0.1) is 5.56 Å². The van der Waals surface area contributed by atoms with Crippen LogP contribution in [0.4, 0.5) is 0 Å². The number of benzene rings is 2. The normalized spacial score (nSPS) is 10.7. The zero-order valence-corrected chi connectivity index (χ0v) is 12.6. The second kappa shape index (κ2) is 5.57. The first-order valence-corrected chi connectivity index (χ1v) is 6.99. The number of aryl methyl sites for hydroxylation is 2. The SMILES string of the molecule is Cc1nc(-c2ccc(O)cc2C)nc(-c2ccc(O)cc2O)n1. The average Bonchev–Trinajstić information content (AvgIpc) is 2.46. The van der Waals surface area contributed by atoms with Crippen molar-refractivity contribution in [2.24, 2.45) is 0 Å². The third kappa shape index (κ3) is 2.91. The van der Waals surface area contributed by atoms with Gasteiger partial charge in [-0.3, -0.25) is 0 Å². The standard InChI is InChI=1S/C17H15N3O3/c1-9-7-11(21)3-5-13(9)16-18-10(2)19-17(20-16)14-6-4-12(22)8-15(14)23/h3-8,21-23H,1-2H3. The minimum Gasteiger partial charge on any atom is -0.508 e. The summed E-state index contributed by atoms with van der Waals surface area (Å²) < 4.78 is 0. The highest BCUT2D eigenvalue weighted by Gasteiger charge is 2.13. The fourth-order valence-corrected chi connectivity index (χ4v) is 2.33. The van der Waals surface area contributed by atoms with Crippen LogP contribution in [0.2, 0.25) is 0 Å². The maximum absolute atomic E-state index is 9.99. The molecule has 0 saturated carbocycles. The van der Waals surface area contributed by atoms with Gasteiger partial charge in [-0.2, -0.15) is 0 Å². The van der Waals surface area contributed by atoms with E-state index in [2.05, 4.69) is 15.0 Å². The molecule has 3 N–H and O–H groups in total. The number of hydrogen-bond donors (Lipinski definition) is 3. The molecule has 6 nitrogen and oxygen atoms in total. The van der Waals surface area contributed by atoms with Crippen molar-refractivity contribution in [3.63, 3.8) is 0 Å². The van der Waals surface area contributed by atoms with Crippen molar-refractivity contribution in [1.29, 1.82) is 0 Å². The topological polar surface area (TPSA) is 99.4 Å². The van der Waals surface area contributed by atoms with Crippen LogP contribution in [-0.4, -0.2) is 30.3 Å². The fourth-order valence-electron chi connectivity index (χ4n) is 2.33. The summed E-state index contributed by atoms with van der Waals surface area (Å²) in [6.07, 6.45) is 0. The largest absolute Gasteiger partial charge is 0.508 e. The number of aromatic nitrogens is 3. The lowest BCUT2D eigenvalue weighted by atomic mass is 10.1. The van der Waals surface area contributed by atoms with E-state index in [4.69, 9.17) is 0 Å². The van der Waals surface area contributed by atoms with Gasteiger partial charge in [0, 0.05) is 11.6 Å². The monoisotopic (exact) mass is 309 g/mol. The summed E-state index contributed by atoms with van der Waals surface area (Å²) in [6, 6.07) is 9.18. The van der Waals surface area contributed by atoms with Crippen molar-refractivity contribution in [3.8, 4) is 40.0 Å². The summed E-state index contributed by atoms with van der Waals surface area (Å²) in [7, 11) is 0. The molecule has 0 fully saturated rings. The second-order valence-corrected chi connectivity index (χ2v) is 5.23. The van der Waals surface area contributed by atoms with Gasteiger partial charge in [-0.15, -0.1) is 0 Å². The van der Waals surface area contributed by atoms with Gasteiger partial charge in [-0.05, 0) is 49.7 Å². The van der Waals surface area contributed by atoms with Gasteiger partial charge in [0.15, 0.2) is 11.6 Å². The Kier molecular flexibility index (Phi) is 3.57. The van der Waals surface area contributed by atoms with Crippen molar-refractivity contribution < 1.29 is 15.3 Å². The fraction of sp³-hybridized carbons (Fsp3) is 0.118. The molecule has 6 heteroatoms. The average molecular weight is 309 g/mol. The third-order valence-electron chi connectivity index (χ3n) is 3.42. The van der Waals surface area contributed by atoms with Crippen LogP contribution in [0.25, 0.3) is 22.8 Å². The van der Waals surface area contributed by atoms with Crippen LogP contribution >= 0.6 is 0 Å². The van der Waals surface area contributed by atoms with Crippen LogP contribution in [0.5, 0.6) is 17.2 Å². The van der Waals surface area contributed by atoms with Crippen molar-refractivity contribution in [2.45, 2.75) is 13.8 Å². The lowest BCUT2D eigenvalue weighted by Crippen LogP contribution is -2.00. The second-order valence-electron chi connectivity index (χ2n) is 5.23. The van der Waals surface area contributed by atoms with Gasteiger partial charge in [-0.25, -0.2) is 15.0 Å². The molecule has 3 aromatic rings. The molecule has 1 aromatic heterocycles. The first-order chi connectivity index (χ1) is 10.9. The minimum atomic E-state index is -0.107. The first kappa shape index (κ1) is 14.8. The Morgan fingerprint density at radius 1 is 0.696 bits per heavy atom. The molecule has 0 saturated heterocycles. The van der Waals surface area contributed by atoms with Gasteiger partial charge in [0.25, 0.3) is 0 Å². The maximum Gasteiger partial charge on any atom is 0.167 e. The number of hydrogen-bond acceptors (Lipinski definition) is 6. The molecule has 2 aromatic carbocycles. The van der Waals surface area contributed by atoms with Gasteiger partial charge in [0.2, 0.25) is 0 Å². The predicted octanol–water partition coefficient (Wildman–Crippen LogP) is 2.94. The van der Waals surface area contributed by atoms with Crippen LogP contribution in [0, 0.1) is 13.8 Å². The number of phenolic OH excluding ortho intramolecular Hbond substituents is 3. The van der Waals surface area contributed by atoms with Crippen LogP contribution < -0.4 is 0 Å². The zero-order chi connectivity index (χ0) is 16.6. The Labute approximate surface area is 132 Å². The molecule has 0 radical (unpaired) electrons. The quantitative estimate of drug-likeness (QED) is 0.673. The molecule has 0 unspecified atom stereocenters. The molecular weight excluding hydrogens is 294 g/mol. The Morgan fingerprint density at radius 3 is 1.87 bits per heavy atom. The minimum absolute atomic E-state index is 0.0355. The van der Waals surface area contributed by atoms with E-state index in [-0.39, 0.29) is 17.2 Å². The molecule has 0 atom stereocenters. The number of aromatic hydroxyl groups is 3. The molecule has 23 heavy (non-hydrogen) atoms. The van der Waals surface area contributed by atoms with Gasteiger partial charge in [0.1, 0.15) is 23.1 Å².